The topological polar surface area (TPSA) is 25.2 Å². The van der Waals surface area contributed by atoms with Crippen LogP contribution in [0.4, 0.5) is 0 Å². The summed E-state index contributed by atoms with van der Waals surface area (Å²) in [6.07, 6.45) is 11.1. The average molecular weight is 221 g/mol. The lowest BCUT2D eigenvalue weighted by Gasteiger charge is -2.21. The van der Waals surface area contributed by atoms with Gasteiger partial charge in [-0.25, -0.2) is 0 Å². The number of nitrogens with one attached hydrogen (secondary N) is 1. The summed E-state index contributed by atoms with van der Waals surface area (Å²) in [5.74, 6) is 1.09. The van der Waals surface area contributed by atoms with E-state index in [0.29, 0.717) is 6.04 Å². The molecule has 2 rings (SSSR count). The van der Waals surface area contributed by atoms with Crippen molar-refractivity contribution in [3.8, 4) is 0 Å². The molecule has 16 heavy (non-hydrogen) atoms. The van der Waals surface area contributed by atoms with E-state index in [1.165, 1.54) is 38.5 Å². The molecule has 1 heterocycles. The van der Waals surface area contributed by atoms with Gasteiger partial charge < -0.3 is 9.73 Å². The maximum absolute atomic E-state index is 5.38. The summed E-state index contributed by atoms with van der Waals surface area (Å²) in [5, 5.41) is 3.74. The van der Waals surface area contributed by atoms with Crippen LogP contribution in [0, 0.1) is 0 Å². The molecule has 0 bridgehead atoms. The van der Waals surface area contributed by atoms with E-state index in [1.807, 2.05) is 6.07 Å². The minimum atomic E-state index is 0.522. The van der Waals surface area contributed by atoms with Gasteiger partial charge in [-0.2, -0.15) is 0 Å². The van der Waals surface area contributed by atoms with Crippen LogP contribution >= 0.6 is 0 Å². The zero-order valence-electron chi connectivity index (χ0n) is 10.2. The normalized spacial score (nSPS) is 20.6. The van der Waals surface area contributed by atoms with Crippen molar-refractivity contribution >= 4 is 0 Å². The molecule has 1 unspecified atom stereocenters. The molecule has 1 aromatic heterocycles. The van der Waals surface area contributed by atoms with Crippen molar-refractivity contribution in [1.82, 2.24) is 5.32 Å². The van der Waals surface area contributed by atoms with E-state index in [0.717, 1.165) is 18.2 Å². The fraction of sp³-hybridized carbons (Fsp3) is 0.714. The van der Waals surface area contributed by atoms with Crippen LogP contribution in [0.3, 0.4) is 0 Å². The van der Waals surface area contributed by atoms with Crippen LogP contribution in [0.1, 0.15) is 51.2 Å². The standard InChI is InChI=1S/C14H23NO/c1-12(11-14-9-6-10-16-14)15-13-7-4-2-3-5-8-13/h6,9-10,12-13,15H,2-5,7-8,11H2,1H3. The minimum absolute atomic E-state index is 0.522. The Morgan fingerprint density at radius 3 is 2.69 bits per heavy atom. The SMILES string of the molecule is CC(Cc1ccco1)NC1CCCCCC1. The lowest BCUT2D eigenvalue weighted by atomic mass is 10.1. The first-order valence-electron chi connectivity index (χ1n) is 6.63. The largest absolute Gasteiger partial charge is 0.469 e. The first kappa shape index (κ1) is 11.7. The van der Waals surface area contributed by atoms with Crippen LogP contribution in [-0.2, 0) is 6.42 Å². The van der Waals surface area contributed by atoms with Gasteiger partial charge in [-0.3, -0.25) is 0 Å². The molecule has 0 aromatic carbocycles. The van der Waals surface area contributed by atoms with E-state index < -0.39 is 0 Å². The van der Waals surface area contributed by atoms with Gasteiger partial charge in [-0.05, 0) is 31.9 Å². The highest BCUT2D eigenvalue weighted by atomic mass is 16.3. The van der Waals surface area contributed by atoms with Crippen molar-refractivity contribution in [3.63, 3.8) is 0 Å². The quantitative estimate of drug-likeness (QED) is 0.787. The molecular weight excluding hydrogens is 198 g/mol. The molecule has 90 valence electrons. The number of hydrogen-bond acceptors (Lipinski definition) is 2. The highest BCUT2D eigenvalue weighted by molar-refractivity contribution is 5.00. The number of furan rings is 1. The summed E-state index contributed by atoms with van der Waals surface area (Å²) >= 11 is 0. The van der Waals surface area contributed by atoms with E-state index in [2.05, 4.69) is 18.3 Å². The molecule has 0 spiro atoms. The van der Waals surface area contributed by atoms with Gasteiger partial charge >= 0.3 is 0 Å². The fourth-order valence-electron chi connectivity index (χ4n) is 2.64. The lowest BCUT2D eigenvalue weighted by molar-refractivity contribution is 0.385. The van der Waals surface area contributed by atoms with Crippen LogP contribution in [0.2, 0.25) is 0 Å². The highest BCUT2D eigenvalue weighted by Gasteiger charge is 2.15. The van der Waals surface area contributed by atoms with Crippen molar-refractivity contribution in [2.45, 2.75) is 64.0 Å². The first-order valence-corrected chi connectivity index (χ1v) is 6.63. The molecule has 2 nitrogen and oxygen atoms in total. The smallest absolute Gasteiger partial charge is 0.105 e. The Balaban J connectivity index is 1.75. The van der Waals surface area contributed by atoms with E-state index in [4.69, 9.17) is 4.42 Å². The Kier molecular flexibility index (Phi) is 4.46. The van der Waals surface area contributed by atoms with Crippen LogP contribution in [0.15, 0.2) is 22.8 Å². The summed E-state index contributed by atoms with van der Waals surface area (Å²) in [6, 6.07) is 5.28. The summed E-state index contributed by atoms with van der Waals surface area (Å²) in [4.78, 5) is 0. The second-order valence-electron chi connectivity index (χ2n) is 5.04. The van der Waals surface area contributed by atoms with E-state index in [1.54, 1.807) is 6.26 Å². The second kappa shape index (κ2) is 6.09. The molecule has 1 aliphatic rings. The average Bonchev–Trinajstić information content (AvgIpc) is 2.62. The summed E-state index contributed by atoms with van der Waals surface area (Å²) < 4.78 is 5.38. The Morgan fingerprint density at radius 2 is 2.06 bits per heavy atom. The van der Waals surface area contributed by atoms with Gasteiger partial charge in [0, 0.05) is 18.5 Å². The summed E-state index contributed by atoms with van der Waals surface area (Å²) in [6.45, 7) is 2.26. The third-order valence-corrected chi connectivity index (χ3v) is 3.46. The maximum Gasteiger partial charge on any atom is 0.105 e. The molecule has 0 amide bonds. The van der Waals surface area contributed by atoms with E-state index in [9.17, 15) is 0 Å². The summed E-state index contributed by atoms with van der Waals surface area (Å²) in [5.41, 5.74) is 0. The maximum atomic E-state index is 5.38. The van der Waals surface area contributed by atoms with Gasteiger partial charge in [0.05, 0.1) is 6.26 Å². The highest BCUT2D eigenvalue weighted by Crippen LogP contribution is 2.18. The molecule has 0 saturated heterocycles. The van der Waals surface area contributed by atoms with Gasteiger partial charge in [0.15, 0.2) is 0 Å². The van der Waals surface area contributed by atoms with Gasteiger partial charge in [-0.15, -0.1) is 0 Å². The third-order valence-electron chi connectivity index (χ3n) is 3.46. The molecule has 1 aliphatic carbocycles. The van der Waals surface area contributed by atoms with Crippen molar-refractivity contribution in [3.05, 3.63) is 24.2 Å². The first-order chi connectivity index (χ1) is 7.84. The number of rotatable bonds is 4. The van der Waals surface area contributed by atoms with Gasteiger partial charge in [-0.1, -0.05) is 25.7 Å². The van der Waals surface area contributed by atoms with Crippen LogP contribution in [-0.4, -0.2) is 12.1 Å². The summed E-state index contributed by atoms with van der Waals surface area (Å²) in [7, 11) is 0. The lowest BCUT2D eigenvalue weighted by Crippen LogP contribution is -2.37. The molecule has 2 heteroatoms. The molecular formula is C14H23NO. The predicted molar refractivity (Wildman–Crippen MR) is 66.5 cm³/mol. The molecule has 1 atom stereocenters. The Bertz CT molecular complexity index is 273. The second-order valence-corrected chi connectivity index (χ2v) is 5.04. The molecule has 0 aliphatic heterocycles. The van der Waals surface area contributed by atoms with E-state index in [-0.39, 0.29) is 0 Å². The molecule has 1 saturated carbocycles. The van der Waals surface area contributed by atoms with Gasteiger partial charge in [0.1, 0.15) is 5.76 Å². The third kappa shape index (κ3) is 3.67. The van der Waals surface area contributed by atoms with Gasteiger partial charge in [0.2, 0.25) is 0 Å². The molecule has 1 N–H and O–H groups in total. The monoisotopic (exact) mass is 221 g/mol. The van der Waals surface area contributed by atoms with Crippen molar-refractivity contribution in [2.75, 3.05) is 0 Å². The zero-order valence-corrected chi connectivity index (χ0v) is 10.2. The fourth-order valence-corrected chi connectivity index (χ4v) is 2.64. The Labute approximate surface area is 98.4 Å². The van der Waals surface area contributed by atoms with Crippen molar-refractivity contribution < 1.29 is 4.42 Å². The van der Waals surface area contributed by atoms with E-state index >= 15 is 0 Å². The van der Waals surface area contributed by atoms with Crippen molar-refractivity contribution in [2.24, 2.45) is 0 Å². The van der Waals surface area contributed by atoms with Crippen LogP contribution in [0.5, 0.6) is 0 Å². The van der Waals surface area contributed by atoms with Gasteiger partial charge in [0.25, 0.3) is 0 Å². The minimum Gasteiger partial charge on any atom is -0.469 e. The number of hydrogen-bond donors (Lipinski definition) is 1. The Morgan fingerprint density at radius 1 is 1.31 bits per heavy atom. The molecule has 1 fully saturated rings. The van der Waals surface area contributed by atoms with Crippen LogP contribution < -0.4 is 5.32 Å². The molecule has 0 radical (unpaired) electrons. The predicted octanol–water partition coefficient (Wildman–Crippen LogP) is 3.52. The van der Waals surface area contributed by atoms with Crippen molar-refractivity contribution in [1.29, 1.82) is 0 Å². The Hall–Kier alpha value is -0.760. The van der Waals surface area contributed by atoms with Crippen LogP contribution in [0.25, 0.3) is 0 Å². The molecule has 1 aromatic rings. The zero-order chi connectivity index (χ0) is 11.2.